The summed E-state index contributed by atoms with van der Waals surface area (Å²) in [5.74, 6) is -0.259. The lowest BCUT2D eigenvalue weighted by atomic mass is 10.1. The van der Waals surface area contributed by atoms with E-state index in [2.05, 4.69) is 0 Å². The topological polar surface area (TPSA) is 85.6 Å². The molecule has 0 saturated carbocycles. The molecule has 0 spiro atoms. The summed E-state index contributed by atoms with van der Waals surface area (Å²) < 4.78 is 77.2. The lowest BCUT2D eigenvalue weighted by molar-refractivity contribution is -0.137. The highest BCUT2D eigenvalue weighted by molar-refractivity contribution is 7.85. The Balaban J connectivity index is 2.37. The Hall–Kier alpha value is -2.56. The van der Waals surface area contributed by atoms with Crippen molar-refractivity contribution < 1.29 is 30.9 Å². The van der Waals surface area contributed by atoms with E-state index in [4.69, 9.17) is 16.3 Å². The Kier molecular flexibility index (Phi) is 4.90. The van der Waals surface area contributed by atoms with Crippen LogP contribution < -0.4 is 10.3 Å². The van der Waals surface area contributed by atoms with Crippen LogP contribution in [0.25, 0.3) is 16.6 Å². The predicted octanol–water partition coefficient (Wildman–Crippen LogP) is 3.92. The first kappa shape index (κ1) is 20.2. The number of ether oxygens (including phenoxy) is 1. The minimum absolute atomic E-state index is 0.0595. The van der Waals surface area contributed by atoms with Crippen molar-refractivity contribution in [2.24, 2.45) is 0 Å². The Morgan fingerprint density at radius 1 is 1.11 bits per heavy atom. The Labute approximate surface area is 161 Å². The molecule has 0 fully saturated rings. The van der Waals surface area contributed by atoms with E-state index in [0.29, 0.717) is 6.07 Å². The van der Waals surface area contributed by atoms with E-state index in [-0.39, 0.29) is 22.3 Å². The maximum atomic E-state index is 13.1. The van der Waals surface area contributed by atoms with Crippen LogP contribution in [0.3, 0.4) is 0 Å². The van der Waals surface area contributed by atoms with E-state index in [1.165, 1.54) is 12.1 Å². The van der Waals surface area contributed by atoms with Crippen molar-refractivity contribution in [2.45, 2.75) is 11.1 Å². The van der Waals surface area contributed by atoms with Gasteiger partial charge < -0.3 is 4.74 Å². The second-order valence-corrected chi connectivity index (χ2v) is 7.53. The van der Waals surface area contributed by atoms with Crippen molar-refractivity contribution >= 4 is 32.6 Å². The molecular formula is C17H11ClF3NO5S. The van der Waals surface area contributed by atoms with Crippen LogP contribution in [-0.4, -0.2) is 24.6 Å². The molecule has 0 radical (unpaired) electrons. The number of hydrogen-bond acceptors (Lipinski definition) is 4. The number of nitrogens with zero attached hydrogens (tertiary/aromatic N) is 1. The van der Waals surface area contributed by atoms with E-state index in [1.807, 2.05) is 0 Å². The molecule has 3 aromatic rings. The molecule has 3 rings (SSSR count). The molecule has 0 aliphatic heterocycles. The zero-order valence-corrected chi connectivity index (χ0v) is 15.6. The van der Waals surface area contributed by atoms with E-state index in [9.17, 15) is 30.9 Å². The Morgan fingerprint density at radius 3 is 2.36 bits per heavy atom. The summed E-state index contributed by atoms with van der Waals surface area (Å²) in [7, 11) is -3.34. The molecule has 0 aliphatic rings. The van der Waals surface area contributed by atoms with Crippen LogP contribution >= 0.6 is 11.6 Å². The van der Waals surface area contributed by atoms with Crippen molar-refractivity contribution in [3.05, 3.63) is 63.4 Å². The first-order valence-corrected chi connectivity index (χ1v) is 9.33. The van der Waals surface area contributed by atoms with Gasteiger partial charge in [-0.1, -0.05) is 11.6 Å². The third-order valence-corrected chi connectivity index (χ3v) is 5.14. The molecule has 0 amide bonds. The fourth-order valence-corrected chi connectivity index (χ4v) is 3.51. The standard InChI is InChI=1S/C17H11ClF3NO5S/c1-27-15-7-11(17(19,20)21)12(18)8-14(15)22-13-4-3-10(28(24,25)26)6-9(13)2-5-16(22)23/h2-8H,1H3,(H,24,25,26). The molecule has 0 aliphatic carbocycles. The predicted molar refractivity (Wildman–Crippen MR) is 95.9 cm³/mol. The van der Waals surface area contributed by atoms with Gasteiger partial charge in [0.2, 0.25) is 0 Å². The lowest BCUT2D eigenvalue weighted by Gasteiger charge is -2.17. The summed E-state index contributed by atoms with van der Waals surface area (Å²) in [5, 5.41) is -0.394. The highest BCUT2D eigenvalue weighted by atomic mass is 35.5. The van der Waals surface area contributed by atoms with Crippen LogP contribution in [0.1, 0.15) is 5.56 Å². The quantitative estimate of drug-likeness (QED) is 0.633. The van der Waals surface area contributed by atoms with Gasteiger partial charge in [-0.05, 0) is 36.4 Å². The van der Waals surface area contributed by atoms with Crippen LogP contribution in [0.5, 0.6) is 5.75 Å². The summed E-state index contributed by atoms with van der Waals surface area (Å²) in [6, 6.07) is 7.47. The molecular weight excluding hydrogens is 423 g/mol. The number of hydrogen-bond donors (Lipinski definition) is 1. The first-order valence-electron chi connectivity index (χ1n) is 7.52. The molecule has 2 aromatic carbocycles. The smallest absolute Gasteiger partial charge is 0.417 e. The number of halogens is 4. The second kappa shape index (κ2) is 6.80. The van der Waals surface area contributed by atoms with E-state index in [0.717, 1.165) is 35.9 Å². The van der Waals surface area contributed by atoms with E-state index < -0.39 is 37.3 Å². The van der Waals surface area contributed by atoms with Gasteiger partial charge in [0, 0.05) is 11.5 Å². The third kappa shape index (κ3) is 3.58. The van der Waals surface area contributed by atoms with Gasteiger partial charge in [0.15, 0.2) is 0 Å². The largest absolute Gasteiger partial charge is 0.495 e. The van der Waals surface area contributed by atoms with Gasteiger partial charge in [0.05, 0.1) is 33.8 Å². The maximum Gasteiger partial charge on any atom is 0.417 e. The number of methoxy groups -OCH3 is 1. The van der Waals surface area contributed by atoms with Crippen molar-refractivity contribution in [1.29, 1.82) is 0 Å². The second-order valence-electron chi connectivity index (χ2n) is 5.70. The van der Waals surface area contributed by atoms with Crippen molar-refractivity contribution in [3.63, 3.8) is 0 Å². The minimum Gasteiger partial charge on any atom is -0.495 e. The fraction of sp³-hybridized carbons (Fsp3) is 0.118. The fourth-order valence-electron chi connectivity index (χ4n) is 2.73. The summed E-state index contributed by atoms with van der Waals surface area (Å²) in [6.45, 7) is 0. The molecule has 0 bridgehead atoms. The number of alkyl halides is 3. The van der Waals surface area contributed by atoms with Gasteiger partial charge >= 0.3 is 6.18 Å². The Bertz CT molecular complexity index is 1250. The monoisotopic (exact) mass is 433 g/mol. The van der Waals surface area contributed by atoms with Crippen LogP contribution in [0.4, 0.5) is 13.2 Å². The van der Waals surface area contributed by atoms with Crippen molar-refractivity contribution in [1.82, 2.24) is 4.57 Å². The molecule has 148 valence electrons. The molecule has 1 heterocycles. The molecule has 1 aromatic heterocycles. The molecule has 0 saturated heterocycles. The molecule has 6 nitrogen and oxygen atoms in total. The van der Waals surface area contributed by atoms with Gasteiger partial charge in [0.1, 0.15) is 5.75 Å². The SMILES string of the molecule is COc1cc(C(F)(F)F)c(Cl)cc1-n1c(=O)ccc2cc(S(=O)(=O)O)ccc21. The summed E-state index contributed by atoms with van der Waals surface area (Å²) >= 11 is 5.78. The van der Waals surface area contributed by atoms with Gasteiger partial charge in [-0.2, -0.15) is 21.6 Å². The molecule has 1 N–H and O–H groups in total. The highest BCUT2D eigenvalue weighted by Gasteiger charge is 2.34. The average Bonchev–Trinajstić information content (AvgIpc) is 2.59. The normalized spacial score (nSPS) is 12.4. The van der Waals surface area contributed by atoms with E-state index in [1.54, 1.807) is 0 Å². The van der Waals surface area contributed by atoms with Gasteiger partial charge in [-0.15, -0.1) is 0 Å². The van der Waals surface area contributed by atoms with Crippen molar-refractivity contribution in [3.8, 4) is 11.4 Å². The molecule has 0 unspecified atom stereocenters. The van der Waals surface area contributed by atoms with Gasteiger partial charge in [0.25, 0.3) is 15.7 Å². The van der Waals surface area contributed by atoms with Gasteiger partial charge in [-0.3, -0.25) is 13.9 Å². The molecule has 28 heavy (non-hydrogen) atoms. The zero-order chi connectivity index (χ0) is 20.9. The number of benzene rings is 2. The van der Waals surface area contributed by atoms with Crippen molar-refractivity contribution in [2.75, 3.05) is 7.11 Å². The highest BCUT2D eigenvalue weighted by Crippen LogP contribution is 2.40. The summed E-state index contributed by atoms with van der Waals surface area (Å²) in [5.41, 5.74) is -1.62. The van der Waals surface area contributed by atoms with Crippen LogP contribution in [0, 0.1) is 0 Å². The third-order valence-electron chi connectivity index (χ3n) is 3.98. The van der Waals surface area contributed by atoms with Crippen LogP contribution in [-0.2, 0) is 16.3 Å². The summed E-state index contributed by atoms with van der Waals surface area (Å²) in [4.78, 5) is 12.1. The number of pyridine rings is 1. The minimum atomic E-state index is -4.73. The van der Waals surface area contributed by atoms with Crippen LogP contribution in [0.15, 0.2) is 52.2 Å². The first-order chi connectivity index (χ1) is 12.9. The number of aromatic nitrogens is 1. The van der Waals surface area contributed by atoms with E-state index >= 15 is 0 Å². The molecule has 11 heteroatoms. The van der Waals surface area contributed by atoms with Gasteiger partial charge in [-0.25, -0.2) is 0 Å². The lowest BCUT2D eigenvalue weighted by Crippen LogP contribution is -2.19. The Morgan fingerprint density at radius 2 is 1.79 bits per heavy atom. The average molecular weight is 434 g/mol. The van der Waals surface area contributed by atoms with Crippen LogP contribution in [0.2, 0.25) is 5.02 Å². The molecule has 0 atom stereocenters. The maximum absolute atomic E-state index is 13.1. The summed E-state index contributed by atoms with van der Waals surface area (Å²) in [6.07, 6.45) is -4.73. The zero-order valence-electron chi connectivity index (χ0n) is 14.0. The number of fused-ring (bicyclic) bond motifs is 1. The number of rotatable bonds is 3.